The van der Waals surface area contributed by atoms with E-state index in [-0.39, 0.29) is 10.8 Å². The normalized spacial score (nSPS) is 19.0. The van der Waals surface area contributed by atoms with E-state index in [4.69, 9.17) is 5.11 Å². The van der Waals surface area contributed by atoms with Gasteiger partial charge in [-0.05, 0) is 64.0 Å². The number of fused-ring (bicyclic) bond motifs is 3. The van der Waals surface area contributed by atoms with Crippen LogP contribution in [0, 0.1) is 0 Å². The highest BCUT2D eigenvalue weighted by Crippen LogP contribution is 2.33. The molecular weight excluding hydrogens is 418 g/mol. The smallest absolute Gasteiger partial charge is 0.303 e. The number of carbonyl (C=O) groups is 1. The molecule has 3 N–H and O–H groups in total. The molecule has 2 aromatic heterocycles. The first-order valence-corrected chi connectivity index (χ1v) is 11.9. The first kappa shape index (κ1) is 23.0. The zero-order chi connectivity index (χ0) is 22.8. The molecule has 0 spiro atoms. The first-order chi connectivity index (χ1) is 14.6. The molecule has 31 heavy (non-hydrogen) atoms. The molecule has 0 amide bonds. The number of H-pyrrole nitrogens is 2. The molecule has 1 fully saturated rings. The van der Waals surface area contributed by atoms with Crippen molar-refractivity contribution in [1.82, 2.24) is 14.9 Å². The van der Waals surface area contributed by atoms with Crippen molar-refractivity contribution >= 4 is 37.6 Å². The van der Waals surface area contributed by atoms with E-state index in [9.17, 15) is 18.0 Å². The predicted octanol–water partition coefficient (Wildman–Crippen LogP) is 3.14. The van der Waals surface area contributed by atoms with Crippen molar-refractivity contribution in [3.63, 3.8) is 0 Å². The lowest BCUT2D eigenvalue weighted by atomic mass is 10.1. The van der Waals surface area contributed by atoms with Crippen molar-refractivity contribution in [2.75, 3.05) is 14.1 Å². The number of sulfone groups is 1. The maximum atomic E-state index is 13.1. The number of hydrogen-bond acceptors (Lipinski definition) is 5. The van der Waals surface area contributed by atoms with Crippen molar-refractivity contribution in [1.29, 1.82) is 0 Å². The summed E-state index contributed by atoms with van der Waals surface area (Å²) in [7, 11) is 0.602. The minimum absolute atomic E-state index is 0.201. The van der Waals surface area contributed by atoms with Crippen LogP contribution in [-0.2, 0) is 14.6 Å². The van der Waals surface area contributed by atoms with Crippen molar-refractivity contribution in [2.45, 2.75) is 55.2 Å². The van der Waals surface area contributed by atoms with E-state index in [0.717, 1.165) is 23.6 Å². The summed E-state index contributed by atoms with van der Waals surface area (Å²) in [4.78, 5) is 29.8. The molecule has 1 aliphatic carbocycles. The number of rotatable bonds is 5. The van der Waals surface area contributed by atoms with Crippen LogP contribution in [0.15, 0.2) is 40.2 Å². The molecule has 0 aliphatic heterocycles. The highest BCUT2D eigenvalue weighted by atomic mass is 32.2. The van der Waals surface area contributed by atoms with Crippen LogP contribution in [0.2, 0.25) is 0 Å². The molecule has 2 atom stereocenters. The summed E-state index contributed by atoms with van der Waals surface area (Å²) in [5.41, 5.74) is 0.914. The predicted molar refractivity (Wildman–Crippen MR) is 121 cm³/mol. The Balaban J connectivity index is 0.000000401. The minimum atomic E-state index is -3.39. The van der Waals surface area contributed by atoms with E-state index in [2.05, 4.69) is 14.9 Å². The van der Waals surface area contributed by atoms with Gasteiger partial charge in [-0.25, -0.2) is 8.42 Å². The van der Waals surface area contributed by atoms with Crippen molar-refractivity contribution in [2.24, 2.45) is 0 Å². The molecule has 8 nitrogen and oxygen atoms in total. The number of benzene rings is 1. The summed E-state index contributed by atoms with van der Waals surface area (Å²) in [6, 6.07) is 7.11. The maximum Gasteiger partial charge on any atom is 0.303 e. The van der Waals surface area contributed by atoms with Crippen molar-refractivity contribution < 1.29 is 18.3 Å². The number of pyridine rings is 1. The van der Waals surface area contributed by atoms with Crippen LogP contribution in [0.4, 0.5) is 0 Å². The van der Waals surface area contributed by atoms with Gasteiger partial charge in [0, 0.05) is 34.9 Å². The molecule has 168 valence electrons. The average molecular weight is 448 g/mol. The Morgan fingerprint density at radius 3 is 2.52 bits per heavy atom. The molecule has 0 saturated heterocycles. The second-order valence-electron chi connectivity index (χ2n) is 8.17. The summed E-state index contributed by atoms with van der Waals surface area (Å²) in [6.45, 7) is 1.84. The van der Waals surface area contributed by atoms with Crippen LogP contribution >= 0.6 is 0 Å². The van der Waals surface area contributed by atoms with Gasteiger partial charge >= 0.3 is 5.97 Å². The Morgan fingerprint density at radius 1 is 1.19 bits per heavy atom. The SMILES string of the molecule is CCCC(=O)O.CN(C)C1CC[C@H](S(=O)(=O)c2ccc3[nH]c(=O)c4[nH]ccc4c3c2)C1. The lowest BCUT2D eigenvalue weighted by molar-refractivity contribution is -0.137. The second kappa shape index (κ2) is 9.23. The number of nitrogens with one attached hydrogen (secondary N) is 2. The minimum Gasteiger partial charge on any atom is -0.481 e. The molecule has 0 bridgehead atoms. The molecule has 2 heterocycles. The highest BCUT2D eigenvalue weighted by Gasteiger charge is 2.36. The Bertz CT molecular complexity index is 1240. The van der Waals surface area contributed by atoms with E-state index in [1.807, 2.05) is 21.0 Å². The fourth-order valence-electron chi connectivity index (χ4n) is 4.07. The van der Waals surface area contributed by atoms with E-state index in [0.29, 0.717) is 41.2 Å². The standard InChI is InChI=1S/C18H21N3O3S.C4H8O2/c1-21(2)11-3-4-12(9-11)25(23,24)13-5-6-16-15(10-13)14-7-8-19-17(14)18(22)20-16;1-2-3-4(5)6/h5-8,10-12,19H,3-4,9H2,1-2H3,(H,20,22);2-3H2,1H3,(H,5,6)/t11?,12-;/m0./s1. The van der Waals surface area contributed by atoms with Gasteiger partial charge in [0.1, 0.15) is 5.52 Å². The average Bonchev–Trinajstić information content (AvgIpc) is 3.39. The van der Waals surface area contributed by atoms with Crippen LogP contribution in [0.25, 0.3) is 21.8 Å². The molecule has 1 aliphatic rings. The van der Waals surface area contributed by atoms with Crippen LogP contribution in [-0.4, -0.2) is 59.7 Å². The fraction of sp³-hybridized carbons (Fsp3) is 0.455. The number of carboxylic acid groups (broad SMARTS) is 1. The molecule has 3 aromatic rings. The Morgan fingerprint density at radius 2 is 1.94 bits per heavy atom. The Kier molecular flexibility index (Phi) is 6.86. The number of carboxylic acids is 1. The monoisotopic (exact) mass is 447 g/mol. The number of nitrogens with zero attached hydrogens (tertiary/aromatic N) is 1. The van der Waals surface area contributed by atoms with Gasteiger partial charge in [-0.1, -0.05) is 6.92 Å². The van der Waals surface area contributed by atoms with E-state index >= 15 is 0 Å². The number of aromatic nitrogens is 2. The third kappa shape index (κ3) is 4.83. The van der Waals surface area contributed by atoms with Gasteiger partial charge < -0.3 is 20.0 Å². The summed E-state index contributed by atoms with van der Waals surface area (Å²) in [5.74, 6) is -0.711. The zero-order valence-electron chi connectivity index (χ0n) is 18.0. The maximum absolute atomic E-state index is 13.1. The van der Waals surface area contributed by atoms with Gasteiger partial charge in [0.2, 0.25) is 0 Å². The topological polar surface area (TPSA) is 123 Å². The molecule has 1 saturated carbocycles. The lowest BCUT2D eigenvalue weighted by Crippen LogP contribution is -2.27. The third-order valence-corrected chi connectivity index (χ3v) is 8.04. The van der Waals surface area contributed by atoms with Crippen LogP contribution in [0.5, 0.6) is 0 Å². The van der Waals surface area contributed by atoms with Crippen LogP contribution < -0.4 is 5.56 Å². The largest absolute Gasteiger partial charge is 0.481 e. The fourth-order valence-corrected chi connectivity index (χ4v) is 5.92. The van der Waals surface area contributed by atoms with Gasteiger partial charge in [-0.15, -0.1) is 0 Å². The second-order valence-corrected chi connectivity index (χ2v) is 10.4. The number of aliphatic carboxylic acids is 1. The number of aromatic amines is 2. The summed E-state index contributed by atoms with van der Waals surface area (Å²) < 4.78 is 26.2. The van der Waals surface area contributed by atoms with Crippen molar-refractivity contribution in [3.8, 4) is 0 Å². The summed E-state index contributed by atoms with van der Waals surface area (Å²) in [5, 5.41) is 9.06. The molecule has 0 radical (unpaired) electrons. The van der Waals surface area contributed by atoms with E-state index < -0.39 is 15.8 Å². The lowest BCUT2D eigenvalue weighted by Gasteiger charge is -2.19. The van der Waals surface area contributed by atoms with Gasteiger partial charge in [0.25, 0.3) is 5.56 Å². The Labute approximate surface area is 181 Å². The van der Waals surface area contributed by atoms with Crippen LogP contribution in [0.1, 0.15) is 39.0 Å². The van der Waals surface area contributed by atoms with Crippen LogP contribution in [0.3, 0.4) is 0 Å². The molecule has 1 aromatic carbocycles. The quantitative estimate of drug-likeness (QED) is 0.552. The summed E-state index contributed by atoms with van der Waals surface area (Å²) >= 11 is 0. The highest BCUT2D eigenvalue weighted by molar-refractivity contribution is 7.92. The van der Waals surface area contributed by atoms with Crippen molar-refractivity contribution in [3.05, 3.63) is 40.8 Å². The Hall–Kier alpha value is -2.65. The molecule has 1 unspecified atom stereocenters. The molecule has 9 heteroatoms. The van der Waals surface area contributed by atoms with Gasteiger partial charge in [-0.3, -0.25) is 9.59 Å². The summed E-state index contributed by atoms with van der Waals surface area (Å²) in [6.07, 6.45) is 4.97. The zero-order valence-corrected chi connectivity index (χ0v) is 18.8. The van der Waals surface area contributed by atoms with E-state index in [1.165, 1.54) is 0 Å². The van der Waals surface area contributed by atoms with Gasteiger partial charge in [-0.2, -0.15) is 0 Å². The number of hydrogen-bond donors (Lipinski definition) is 3. The molecule has 4 rings (SSSR count). The molecular formula is C22H29N3O5S. The first-order valence-electron chi connectivity index (χ1n) is 10.4. The third-order valence-electron chi connectivity index (χ3n) is 5.82. The van der Waals surface area contributed by atoms with Gasteiger partial charge in [0.05, 0.1) is 10.1 Å². The van der Waals surface area contributed by atoms with E-state index in [1.54, 1.807) is 30.5 Å². The van der Waals surface area contributed by atoms with Gasteiger partial charge in [0.15, 0.2) is 9.84 Å².